The first-order valence-electron chi connectivity index (χ1n) is 11.4. The average Bonchev–Trinajstić information content (AvgIpc) is 3.34. The first kappa shape index (κ1) is 21.5. The number of hydrogen-bond acceptors (Lipinski definition) is 7. The molecule has 0 aliphatic carbocycles. The second-order valence-electron chi connectivity index (χ2n) is 8.48. The minimum atomic E-state index is 0.844. The summed E-state index contributed by atoms with van der Waals surface area (Å²) in [6.45, 7) is 7.79. The molecule has 4 aromatic heterocycles. The van der Waals surface area contributed by atoms with E-state index >= 15 is 0 Å². The Bertz CT molecular complexity index is 1230. The van der Waals surface area contributed by atoms with Crippen molar-refractivity contribution in [1.29, 1.82) is 0 Å². The molecule has 0 amide bonds. The van der Waals surface area contributed by atoms with Crippen LogP contribution < -0.4 is 4.90 Å². The van der Waals surface area contributed by atoms with Crippen LogP contribution in [0.2, 0.25) is 0 Å². The number of ether oxygens (including phenoxy) is 1. The number of morpholine rings is 1. The third-order valence-corrected chi connectivity index (χ3v) is 6.10. The number of nitrogens with zero attached hydrogens (tertiary/aromatic N) is 6. The number of H-pyrrole nitrogens is 1. The smallest absolute Gasteiger partial charge is 0.0928 e. The molecule has 0 aromatic carbocycles. The molecule has 0 atom stereocenters. The van der Waals surface area contributed by atoms with Crippen molar-refractivity contribution in [3.05, 3.63) is 54.5 Å². The van der Waals surface area contributed by atoms with Crippen molar-refractivity contribution in [2.24, 2.45) is 0 Å². The molecule has 1 saturated heterocycles. The Morgan fingerprint density at radius 2 is 1.91 bits per heavy atom. The lowest BCUT2D eigenvalue weighted by Gasteiger charge is -2.27. The number of rotatable bonds is 7. The summed E-state index contributed by atoms with van der Waals surface area (Å²) < 4.78 is 5.43. The summed E-state index contributed by atoms with van der Waals surface area (Å²) in [7, 11) is 2.11. The summed E-state index contributed by atoms with van der Waals surface area (Å²) in [5.41, 5.74) is 7.29. The minimum Gasteiger partial charge on any atom is -0.379 e. The Labute approximate surface area is 193 Å². The van der Waals surface area contributed by atoms with E-state index in [4.69, 9.17) is 9.72 Å². The zero-order valence-corrected chi connectivity index (χ0v) is 19.2. The molecule has 8 nitrogen and oxygen atoms in total. The van der Waals surface area contributed by atoms with Gasteiger partial charge in [0.1, 0.15) is 0 Å². The van der Waals surface area contributed by atoms with E-state index in [9.17, 15) is 0 Å². The van der Waals surface area contributed by atoms with Gasteiger partial charge in [-0.15, -0.1) is 0 Å². The van der Waals surface area contributed by atoms with Crippen LogP contribution in [0.15, 0.2) is 48.8 Å². The highest BCUT2D eigenvalue weighted by atomic mass is 16.5. The topological polar surface area (TPSA) is 83.1 Å². The van der Waals surface area contributed by atoms with Gasteiger partial charge in [0, 0.05) is 44.5 Å². The number of fused-ring (bicyclic) bond motifs is 1. The van der Waals surface area contributed by atoms with Crippen LogP contribution in [0.25, 0.3) is 33.7 Å². The minimum absolute atomic E-state index is 0.844. The quantitative estimate of drug-likeness (QED) is 0.468. The summed E-state index contributed by atoms with van der Waals surface area (Å²) in [6, 6.07) is 12.1. The maximum atomic E-state index is 5.43. The van der Waals surface area contributed by atoms with Crippen molar-refractivity contribution in [3.8, 4) is 22.6 Å². The fraction of sp³-hybridized carbons (Fsp3) is 0.360. The Kier molecular flexibility index (Phi) is 6.28. The lowest BCUT2D eigenvalue weighted by atomic mass is 10.1. The number of aromatic nitrogens is 5. The summed E-state index contributed by atoms with van der Waals surface area (Å²) in [6.07, 6.45) is 4.84. The van der Waals surface area contributed by atoms with E-state index in [0.717, 1.165) is 90.9 Å². The maximum absolute atomic E-state index is 5.43. The van der Waals surface area contributed by atoms with Crippen LogP contribution >= 0.6 is 0 Å². The van der Waals surface area contributed by atoms with E-state index in [2.05, 4.69) is 43.1 Å². The van der Waals surface area contributed by atoms with Gasteiger partial charge in [0.15, 0.2) is 0 Å². The summed E-state index contributed by atoms with van der Waals surface area (Å²) >= 11 is 0. The molecule has 0 unspecified atom stereocenters. The van der Waals surface area contributed by atoms with E-state index in [1.54, 1.807) is 0 Å². The highest BCUT2D eigenvalue weighted by molar-refractivity contribution is 5.84. The van der Waals surface area contributed by atoms with Gasteiger partial charge in [0.25, 0.3) is 0 Å². The zero-order chi connectivity index (χ0) is 22.6. The Hall–Kier alpha value is -3.36. The van der Waals surface area contributed by atoms with E-state index in [1.165, 1.54) is 0 Å². The summed E-state index contributed by atoms with van der Waals surface area (Å²) in [5, 5.41) is 7.35. The van der Waals surface area contributed by atoms with Crippen LogP contribution in [0.5, 0.6) is 0 Å². The van der Waals surface area contributed by atoms with Crippen LogP contribution in [0.3, 0.4) is 0 Å². The fourth-order valence-electron chi connectivity index (χ4n) is 4.20. The predicted molar refractivity (Wildman–Crippen MR) is 130 cm³/mol. The predicted octanol–water partition coefficient (Wildman–Crippen LogP) is 3.55. The number of anilines is 1. The SMILES string of the molecule is Cc1cccc(-c2[nH]ncc2-c2ccc3ncc(N(C)CCCN4CCOCC4)cc3n2)n1. The van der Waals surface area contributed by atoms with Gasteiger partial charge in [-0.05, 0) is 43.7 Å². The summed E-state index contributed by atoms with van der Waals surface area (Å²) in [4.78, 5) is 18.9. The van der Waals surface area contributed by atoms with Gasteiger partial charge in [-0.1, -0.05) is 6.07 Å². The molecular weight excluding hydrogens is 414 g/mol. The standard InChI is InChI=1S/C25H29N7O/c1-18-5-3-6-23(28-18)25-20(17-27-30-25)21-7-8-22-24(29-21)15-19(16-26-22)31(2)9-4-10-32-11-13-33-14-12-32/h3,5-8,15-17H,4,9-14H2,1-2H3,(H,27,30). The third-order valence-electron chi connectivity index (χ3n) is 6.10. The lowest BCUT2D eigenvalue weighted by Crippen LogP contribution is -2.37. The molecule has 0 saturated carbocycles. The molecule has 4 aromatic rings. The van der Waals surface area contributed by atoms with E-state index in [-0.39, 0.29) is 0 Å². The van der Waals surface area contributed by atoms with Crippen molar-refractivity contribution in [2.45, 2.75) is 13.3 Å². The normalized spacial score (nSPS) is 14.6. The van der Waals surface area contributed by atoms with Crippen molar-refractivity contribution < 1.29 is 4.74 Å². The Morgan fingerprint density at radius 1 is 1.03 bits per heavy atom. The lowest BCUT2D eigenvalue weighted by molar-refractivity contribution is 0.0377. The molecule has 33 heavy (non-hydrogen) atoms. The number of hydrogen-bond donors (Lipinski definition) is 1. The largest absolute Gasteiger partial charge is 0.379 e. The monoisotopic (exact) mass is 443 g/mol. The fourth-order valence-corrected chi connectivity index (χ4v) is 4.20. The van der Waals surface area contributed by atoms with E-state index in [1.807, 2.05) is 49.6 Å². The second-order valence-corrected chi connectivity index (χ2v) is 8.48. The number of aryl methyl sites for hydroxylation is 1. The van der Waals surface area contributed by atoms with Gasteiger partial charge in [0.05, 0.1) is 59.4 Å². The van der Waals surface area contributed by atoms with Crippen molar-refractivity contribution >= 4 is 16.7 Å². The first-order chi connectivity index (χ1) is 16.2. The van der Waals surface area contributed by atoms with Crippen molar-refractivity contribution in [3.63, 3.8) is 0 Å². The molecule has 0 spiro atoms. The molecule has 0 bridgehead atoms. The molecule has 1 aliphatic rings. The molecule has 5 rings (SSSR count). The number of aromatic amines is 1. The molecule has 1 fully saturated rings. The first-order valence-corrected chi connectivity index (χ1v) is 11.4. The highest BCUT2D eigenvalue weighted by Gasteiger charge is 2.14. The average molecular weight is 444 g/mol. The van der Waals surface area contributed by atoms with Crippen LogP contribution in [-0.4, -0.2) is 76.5 Å². The van der Waals surface area contributed by atoms with Crippen LogP contribution in [0.4, 0.5) is 5.69 Å². The summed E-state index contributed by atoms with van der Waals surface area (Å²) in [5.74, 6) is 0. The molecular formula is C25H29N7O. The molecule has 1 N–H and O–H groups in total. The molecule has 8 heteroatoms. The Morgan fingerprint density at radius 3 is 2.76 bits per heavy atom. The molecule has 1 aliphatic heterocycles. The maximum Gasteiger partial charge on any atom is 0.0928 e. The van der Waals surface area contributed by atoms with Crippen molar-refractivity contribution in [1.82, 2.24) is 30.0 Å². The Balaban J connectivity index is 1.35. The van der Waals surface area contributed by atoms with Gasteiger partial charge >= 0.3 is 0 Å². The highest BCUT2D eigenvalue weighted by Crippen LogP contribution is 2.29. The van der Waals surface area contributed by atoms with Gasteiger partial charge in [-0.25, -0.2) is 4.98 Å². The second kappa shape index (κ2) is 9.64. The van der Waals surface area contributed by atoms with E-state index in [0.29, 0.717) is 0 Å². The third kappa shape index (κ3) is 4.86. The van der Waals surface area contributed by atoms with Crippen LogP contribution in [0, 0.1) is 6.92 Å². The van der Waals surface area contributed by atoms with Gasteiger partial charge in [0.2, 0.25) is 0 Å². The zero-order valence-electron chi connectivity index (χ0n) is 19.2. The number of nitrogens with one attached hydrogen (secondary N) is 1. The van der Waals surface area contributed by atoms with Crippen LogP contribution in [-0.2, 0) is 4.74 Å². The molecule has 5 heterocycles. The molecule has 0 radical (unpaired) electrons. The van der Waals surface area contributed by atoms with Crippen LogP contribution in [0.1, 0.15) is 12.1 Å². The van der Waals surface area contributed by atoms with Gasteiger partial charge in [-0.2, -0.15) is 5.10 Å². The van der Waals surface area contributed by atoms with Gasteiger partial charge < -0.3 is 9.64 Å². The van der Waals surface area contributed by atoms with E-state index < -0.39 is 0 Å². The molecule has 170 valence electrons. The van der Waals surface area contributed by atoms with Crippen molar-refractivity contribution in [2.75, 3.05) is 51.3 Å². The number of pyridine rings is 3. The van der Waals surface area contributed by atoms with Gasteiger partial charge in [-0.3, -0.25) is 20.0 Å².